The first-order chi connectivity index (χ1) is 8.24. The molecule has 0 saturated carbocycles. The summed E-state index contributed by atoms with van der Waals surface area (Å²) >= 11 is 0. The summed E-state index contributed by atoms with van der Waals surface area (Å²) in [6.07, 6.45) is 1.59. The van der Waals surface area contributed by atoms with Gasteiger partial charge in [-0.3, -0.25) is 0 Å². The maximum Gasteiger partial charge on any atom is 0.170 e. The summed E-state index contributed by atoms with van der Waals surface area (Å²) in [7, 11) is 0. The van der Waals surface area contributed by atoms with Gasteiger partial charge in [0.25, 0.3) is 0 Å². The van der Waals surface area contributed by atoms with Gasteiger partial charge in [0.1, 0.15) is 0 Å². The number of nitrogens with zero attached hydrogens (tertiary/aromatic N) is 2. The minimum atomic E-state index is -0.326. The van der Waals surface area contributed by atoms with E-state index >= 15 is 0 Å². The molecule has 1 rings (SSSR count). The molecule has 0 amide bonds. The summed E-state index contributed by atoms with van der Waals surface area (Å²) in [6.45, 7) is 6.62. The third-order valence-electron chi connectivity index (χ3n) is 2.56. The number of pyridine rings is 1. The fourth-order valence-electron chi connectivity index (χ4n) is 1.58. The standard InChI is InChI=1S/C12H20FN3O/c1-3-16(7-8-17-4-2)12-11(13)10(9-14)5-6-15-12/h5-6H,3-4,7-9,14H2,1-2H3. The van der Waals surface area contributed by atoms with Gasteiger partial charge < -0.3 is 15.4 Å². The smallest absolute Gasteiger partial charge is 0.170 e. The molecular weight excluding hydrogens is 221 g/mol. The number of likely N-dealkylation sites (N-methyl/N-ethyl adjacent to an activating group) is 1. The highest BCUT2D eigenvalue weighted by Gasteiger charge is 2.14. The number of rotatable bonds is 7. The van der Waals surface area contributed by atoms with Gasteiger partial charge in [-0.1, -0.05) is 0 Å². The maximum absolute atomic E-state index is 14.0. The molecule has 4 nitrogen and oxygen atoms in total. The molecule has 0 saturated heterocycles. The number of hydrogen-bond acceptors (Lipinski definition) is 4. The lowest BCUT2D eigenvalue weighted by Crippen LogP contribution is -2.29. The summed E-state index contributed by atoms with van der Waals surface area (Å²) < 4.78 is 19.3. The van der Waals surface area contributed by atoms with Crippen molar-refractivity contribution in [3.05, 3.63) is 23.6 Å². The van der Waals surface area contributed by atoms with Crippen molar-refractivity contribution < 1.29 is 9.13 Å². The molecule has 0 aliphatic heterocycles. The van der Waals surface area contributed by atoms with Crippen LogP contribution in [0.25, 0.3) is 0 Å². The SMILES string of the molecule is CCOCCN(CC)c1nccc(CN)c1F. The molecule has 0 unspecified atom stereocenters. The van der Waals surface area contributed by atoms with Gasteiger partial charge in [0.05, 0.1) is 6.61 Å². The van der Waals surface area contributed by atoms with Gasteiger partial charge in [-0.25, -0.2) is 9.37 Å². The quantitative estimate of drug-likeness (QED) is 0.736. The molecule has 2 N–H and O–H groups in total. The first-order valence-electron chi connectivity index (χ1n) is 5.90. The van der Waals surface area contributed by atoms with E-state index in [1.165, 1.54) is 0 Å². The molecule has 0 aromatic carbocycles. The van der Waals surface area contributed by atoms with Crippen LogP contribution in [0, 0.1) is 5.82 Å². The van der Waals surface area contributed by atoms with Crippen LogP contribution in [0.3, 0.4) is 0 Å². The Balaban J connectivity index is 2.80. The van der Waals surface area contributed by atoms with Gasteiger partial charge in [-0.05, 0) is 19.9 Å². The molecular formula is C12H20FN3O. The Morgan fingerprint density at radius 1 is 1.47 bits per heavy atom. The lowest BCUT2D eigenvalue weighted by atomic mass is 10.2. The van der Waals surface area contributed by atoms with Crippen LogP contribution in [-0.2, 0) is 11.3 Å². The molecule has 0 atom stereocenters. The van der Waals surface area contributed by atoms with Crippen molar-refractivity contribution >= 4 is 5.82 Å². The van der Waals surface area contributed by atoms with Crippen LogP contribution in [0.5, 0.6) is 0 Å². The number of anilines is 1. The number of halogens is 1. The molecule has 0 spiro atoms. The molecule has 0 bridgehead atoms. The highest BCUT2D eigenvalue weighted by atomic mass is 19.1. The van der Waals surface area contributed by atoms with Crippen LogP contribution in [0.4, 0.5) is 10.2 Å². The lowest BCUT2D eigenvalue weighted by Gasteiger charge is -2.22. The average molecular weight is 241 g/mol. The number of ether oxygens (including phenoxy) is 1. The van der Waals surface area contributed by atoms with Crippen molar-refractivity contribution in [3.63, 3.8) is 0 Å². The van der Waals surface area contributed by atoms with Gasteiger partial charge in [0.2, 0.25) is 0 Å². The zero-order valence-corrected chi connectivity index (χ0v) is 10.4. The van der Waals surface area contributed by atoms with Crippen LogP contribution < -0.4 is 10.6 Å². The van der Waals surface area contributed by atoms with E-state index in [-0.39, 0.29) is 12.4 Å². The summed E-state index contributed by atoms with van der Waals surface area (Å²) in [6, 6.07) is 1.61. The van der Waals surface area contributed by atoms with Crippen LogP contribution in [0.1, 0.15) is 19.4 Å². The Labute approximate surface area is 102 Å². The molecule has 1 aromatic rings. The Morgan fingerprint density at radius 3 is 2.82 bits per heavy atom. The van der Waals surface area contributed by atoms with Crippen LogP contribution in [0.15, 0.2) is 12.3 Å². The second-order valence-corrected chi connectivity index (χ2v) is 3.59. The Hall–Kier alpha value is -1.20. The van der Waals surface area contributed by atoms with Crippen molar-refractivity contribution in [3.8, 4) is 0 Å². The predicted octanol–water partition coefficient (Wildman–Crippen LogP) is 1.54. The first-order valence-corrected chi connectivity index (χ1v) is 5.90. The minimum absolute atomic E-state index is 0.185. The van der Waals surface area contributed by atoms with Crippen molar-refractivity contribution in [2.24, 2.45) is 5.73 Å². The fraction of sp³-hybridized carbons (Fsp3) is 0.583. The maximum atomic E-state index is 14.0. The van der Waals surface area contributed by atoms with E-state index in [0.29, 0.717) is 37.7 Å². The van der Waals surface area contributed by atoms with Gasteiger partial charge in [0.15, 0.2) is 11.6 Å². The Kier molecular flexibility index (Phi) is 5.86. The molecule has 17 heavy (non-hydrogen) atoms. The zero-order chi connectivity index (χ0) is 12.7. The second-order valence-electron chi connectivity index (χ2n) is 3.59. The lowest BCUT2D eigenvalue weighted by molar-refractivity contribution is 0.153. The molecule has 0 fully saturated rings. The summed E-state index contributed by atoms with van der Waals surface area (Å²) in [5.74, 6) is 0.0310. The fourth-order valence-corrected chi connectivity index (χ4v) is 1.58. The third kappa shape index (κ3) is 3.64. The van der Waals surface area contributed by atoms with E-state index < -0.39 is 0 Å². The van der Waals surface area contributed by atoms with Crippen LogP contribution in [-0.4, -0.2) is 31.3 Å². The third-order valence-corrected chi connectivity index (χ3v) is 2.56. The Morgan fingerprint density at radius 2 is 2.24 bits per heavy atom. The molecule has 96 valence electrons. The molecule has 0 radical (unpaired) electrons. The highest BCUT2D eigenvalue weighted by Crippen LogP contribution is 2.18. The van der Waals surface area contributed by atoms with E-state index in [1.807, 2.05) is 18.7 Å². The molecule has 0 aliphatic rings. The predicted molar refractivity (Wildman–Crippen MR) is 66.5 cm³/mol. The van der Waals surface area contributed by atoms with E-state index in [1.54, 1.807) is 12.3 Å². The average Bonchev–Trinajstić information content (AvgIpc) is 2.36. The molecule has 1 heterocycles. The van der Waals surface area contributed by atoms with Gasteiger partial charge in [0, 0.05) is 38.0 Å². The van der Waals surface area contributed by atoms with Crippen molar-refractivity contribution in [2.75, 3.05) is 31.2 Å². The van der Waals surface area contributed by atoms with Crippen molar-refractivity contribution in [1.82, 2.24) is 4.98 Å². The Bertz CT molecular complexity index is 347. The number of nitrogens with two attached hydrogens (primary N) is 1. The van der Waals surface area contributed by atoms with Crippen LogP contribution >= 0.6 is 0 Å². The van der Waals surface area contributed by atoms with Crippen LogP contribution in [0.2, 0.25) is 0 Å². The summed E-state index contributed by atoms with van der Waals surface area (Å²) in [5.41, 5.74) is 5.96. The largest absolute Gasteiger partial charge is 0.380 e. The zero-order valence-electron chi connectivity index (χ0n) is 10.4. The van der Waals surface area contributed by atoms with Crippen molar-refractivity contribution in [1.29, 1.82) is 0 Å². The molecule has 0 aliphatic carbocycles. The van der Waals surface area contributed by atoms with E-state index in [9.17, 15) is 4.39 Å². The minimum Gasteiger partial charge on any atom is -0.380 e. The van der Waals surface area contributed by atoms with Gasteiger partial charge in [-0.2, -0.15) is 0 Å². The molecule has 1 aromatic heterocycles. The number of aromatic nitrogens is 1. The summed E-state index contributed by atoms with van der Waals surface area (Å²) in [5, 5.41) is 0. The monoisotopic (exact) mass is 241 g/mol. The van der Waals surface area contributed by atoms with Crippen molar-refractivity contribution in [2.45, 2.75) is 20.4 Å². The normalized spacial score (nSPS) is 10.6. The summed E-state index contributed by atoms with van der Waals surface area (Å²) in [4.78, 5) is 5.93. The topological polar surface area (TPSA) is 51.4 Å². The number of hydrogen-bond donors (Lipinski definition) is 1. The second kappa shape index (κ2) is 7.19. The van der Waals surface area contributed by atoms with E-state index in [2.05, 4.69) is 4.98 Å². The van der Waals surface area contributed by atoms with Gasteiger partial charge >= 0.3 is 0 Å². The van der Waals surface area contributed by atoms with E-state index in [0.717, 1.165) is 0 Å². The van der Waals surface area contributed by atoms with Gasteiger partial charge in [-0.15, -0.1) is 0 Å². The highest BCUT2D eigenvalue weighted by molar-refractivity contribution is 5.42. The van der Waals surface area contributed by atoms with E-state index in [4.69, 9.17) is 10.5 Å². The first kappa shape index (κ1) is 13.9. The molecule has 5 heteroatoms.